The lowest BCUT2D eigenvalue weighted by molar-refractivity contribution is -0.147. The Kier molecular flexibility index (Phi) is 11.7. The zero-order chi connectivity index (χ0) is 24.3. The van der Waals surface area contributed by atoms with Crippen LogP contribution in [0, 0.1) is 5.92 Å². The third-order valence-corrected chi connectivity index (χ3v) is 3.91. The molecule has 0 bridgehead atoms. The number of aliphatic hydroxyl groups is 1. The van der Waals surface area contributed by atoms with E-state index in [9.17, 15) is 28.8 Å². The summed E-state index contributed by atoms with van der Waals surface area (Å²) in [6.07, 6.45) is -1.49. The maximum absolute atomic E-state index is 12.6. The summed E-state index contributed by atoms with van der Waals surface area (Å²) < 4.78 is 0. The second-order valence-electron chi connectivity index (χ2n) is 7.21. The van der Waals surface area contributed by atoms with Crippen LogP contribution in [-0.2, 0) is 28.8 Å². The molecule has 0 saturated heterocycles. The molecule has 0 saturated carbocycles. The Morgan fingerprint density at radius 2 is 1.29 bits per heavy atom. The lowest BCUT2D eigenvalue weighted by atomic mass is 10.0. The summed E-state index contributed by atoms with van der Waals surface area (Å²) in [5.74, 6) is -7.04. The molecule has 4 atom stereocenters. The molecule has 4 unspecified atom stereocenters. The lowest BCUT2D eigenvalue weighted by Gasteiger charge is -2.25. The van der Waals surface area contributed by atoms with Gasteiger partial charge in [-0.05, 0) is 12.3 Å². The third kappa shape index (κ3) is 10.9. The first-order valence-corrected chi connectivity index (χ1v) is 9.28. The van der Waals surface area contributed by atoms with Gasteiger partial charge in [0.15, 0.2) is 0 Å². The van der Waals surface area contributed by atoms with Gasteiger partial charge in [0.25, 0.3) is 0 Å². The van der Waals surface area contributed by atoms with E-state index in [2.05, 4.69) is 10.6 Å². The number of primary amides is 1. The molecule has 0 spiro atoms. The topological polar surface area (TPSA) is 251 Å². The minimum Gasteiger partial charge on any atom is -0.481 e. The number of nitrogens with two attached hydrogens (primary N) is 2. The molecule has 0 fully saturated rings. The van der Waals surface area contributed by atoms with Gasteiger partial charge in [-0.25, -0.2) is 4.79 Å². The number of hydrogen-bond acceptors (Lipinski definition) is 8. The number of carboxylic acids is 2. The number of nitrogens with one attached hydrogen (secondary N) is 3. The van der Waals surface area contributed by atoms with Crippen molar-refractivity contribution in [3.05, 3.63) is 0 Å². The molecule has 10 N–H and O–H groups in total. The highest BCUT2D eigenvalue weighted by Gasteiger charge is 2.32. The van der Waals surface area contributed by atoms with E-state index in [1.807, 2.05) is 5.32 Å². The van der Waals surface area contributed by atoms with Crippen molar-refractivity contribution < 1.29 is 44.1 Å². The second kappa shape index (κ2) is 13.1. The molecule has 0 aliphatic heterocycles. The second-order valence-corrected chi connectivity index (χ2v) is 7.21. The maximum Gasteiger partial charge on any atom is 0.326 e. The highest BCUT2D eigenvalue weighted by atomic mass is 16.4. The van der Waals surface area contributed by atoms with E-state index in [1.54, 1.807) is 13.8 Å². The molecular weight excluding hydrogens is 418 g/mol. The predicted octanol–water partition coefficient (Wildman–Crippen LogP) is -3.76. The van der Waals surface area contributed by atoms with Crippen molar-refractivity contribution in [3.63, 3.8) is 0 Å². The van der Waals surface area contributed by atoms with E-state index in [-0.39, 0.29) is 12.3 Å². The molecule has 14 heteroatoms. The number of rotatable bonds is 14. The monoisotopic (exact) mass is 447 g/mol. The van der Waals surface area contributed by atoms with Crippen molar-refractivity contribution in [1.29, 1.82) is 0 Å². The number of carbonyl (C=O) groups is 6. The molecule has 0 heterocycles. The van der Waals surface area contributed by atoms with Crippen molar-refractivity contribution in [2.24, 2.45) is 17.4 Å². The van der Waals surface area contributed by atoms with Crippen LogP contribution in [0.1, 0.15) is 33.1 Å². The van der Waals surface area contributed by atoms with E-state index in [0.29, 0.717) is 0 Å². The predicted molar refractivity (Wildman–Crippen MR) is 104 cm³/mol. The van der Waals surface area contributed by atoms with Gasteiger partial charge in [0.1, 0.15) is 24.2 Å². The summed E-state index contributed by atoms with van der Waals surface area (Å²) >= 11 is 0. The van der Waals surface area contributed by atoms with Crippen LogP contribution in [0.2, 0.25) is 0 Å². The molecule has 0 aromatic rings. The van der Waals surface area contributed by atoms with Gasteiger partial charge < -0.3 is 42.7 Å². The number of carboxylic acid groups (broad SMARTS) is 2. The number of hydrogen-bond donors (Lipinski definition) is 8. The van der Waals surface area contributed by atoms with Gasteiger partial charge in [-0.3, -0.25) is 24.0 Å². The Hall–Kier alpha value is -3.26. The van der Waals surface area contributed by atoms with Gasteiger partial charge in [0.2, 0.25) is 23.6 Å². The number of aliphatic carboxylic acids is 2. The van der Waals surface area contributed by atoms with Crippen LogP contribution in [0.15, 0.2) is 0 Å². The van der Waals surface area contributed by atoms with Crippen molar-refractivity contribution in [2.75, 3.05) is 6.61 Å². The fourth-order valence-electron chi connectivity index (χ4n) is 2.39. The zero-order valence-electron chi connectivity index (χ0n) is 17.2. The molecule has 176 valence electrons. The smallest absolute Gasteiger partial charge is 0.326 e. The van der Waals surface area contributed by atoms with Gasteiger partial charge in [-0.1, -0.05) is 13.8 Å². The first-order chi connectivity index (χ1) is 14.3. The highest BCUT2D eigenvalue weighted by molar-refractivity contribution is 5.96. The Morgan fingerprint density at radius 1 is 0.806 bits per heavy atom. The zero-order valence-corrected chi connectivity index (χ0v) is 17.2. The normalized spacial score (nSPS) is 14.6. The summed E-state index contributed by atoms with van der Waals surface area (Å²) in [5, 5.41) is 33.3. The molecule has 0 aliphatic carbocycles. The number of amides is 4. The van der Waals surface area contributed by atoms with Crippen LogP contribution in [-0.4, -0.2) is 81.7 Å². The molecule has 0 aliphatic rings. The molecule has 31 heavy (non-hydrogen) atoms. The standard InChI is InChI=1S/C17H29N5O9/c1-7(2)3-9(15(28)22-11(17(30)31)5-13(25)26)21-16(29)10(4-12(19)24)20-14(27)8(18)6-23/h7-11,23H,3-6,18H2,1-2H3,(H2,19,24)(H,20,27)(H,21,29)(H,22,28)(H,25,26)(H,30,31). The Bertz CT molecular complexity index is 697. The molecule has 4 amide bonds. The van der Waals surface area contributed by atoms with Crippen molar-refractivity contribution in [1.82, 2.24) is 16.0 Å². The average Bonchev–Trinajstić information content (AvgIpc) is 2.64. The molecule has 0 radical (unpaired) electrons. The Labute approximate surface area is 177 Å². The fourth-order valence-corrected chi connectivity index (χ4v) is 2.39. The van der Waals surface area contributed by atoms with Gasteiger partial charge >= 0.3 is 11.9 Å². The first kappa shape index (κ1) is 27.7. The van der Waals surface area contributed by atoms with E-state index in [1.165, 1.54) is 0 Å². The largest absolute Gasteiger partial charge is 0.481 e. The van der Waals surface area contributed by atoms with E-state index < -0.39 is 79.2 Å². The van der Waals surface area contributed by atoms with Crippen LogP contribution >= 0.6 is 0 Å². The van der Waals surface area contributed by atoms with Crippen LogP contribution in [0.5, 0.6) is 0 Å². The quantitative estimate of drug-likeness (QED) is 0.129. The van der Waals surface area contributed by atoms with E-state index in [4.69, 9.17) is 26.8 Å². The van der Waals surface area contributed by atoms with Crippen molar-refractivity contribution >= 4 is 35.6 Å². The van der Waals surface area contributed by atoms with Gasteiger partial charge in [0.05, 0.1) is 19.4 Å². The van der Waals surface area contributed by atoms with Crippen LogP contribution in [0.25, 0.3) is 0 Å². The van der Waals surface area contributed by atoms with Crippen LogP contribution in [0.3, 0.4) is 0 Å². The van der Waals surface area contributed by atoms with Crippen molar-refractivity contribution in [2.45, 2.75) is 57.3 Å². The SMILES string of the molecule is CC(C)CC(NC(=O)C(CC(N)=O)NC(=O)C(N)CO)C(=O)NC(CC(=O)O)C(=O)O. The molecule has 0 aromatic carbocycles. The summed E-state index contributed by atoms with van der Waals surface area (Å²) in [4.78, 5) is 70.2. The third-order valence-electron chi connectivity index (χ3n) is 3.91. The molecular formula is C17H29N5O9. The minimum atomic E-state index is -1.74. The number of carbonyl (C=O) groups excluding carboxylic acids is 4. The summed E-state index contributed by atoms with van der Waals surface area (Å²) in [6, 6.07) is -5.92. The summed E-state index contributed by atoms with van der Waals surface area (Å²) in [5.41, 5.74) is 10.4. The molecule has 14 nitrogen and oxygen atoms in total. The first-order valence-electron chi connectivity index (χ1n) is 9.28. The van der Waals surface area contributed by atoms with Crippen LogP contribution in [0.4, 0.5) is 0 Å². The molecule has 0 rings (SSSR count). The Morgan fingerprint density at radius 3 is 1.71 bits per heavy atom. The molecule has 0 aromatic heterocycles. The van der Waals surface area contributed by atoms with E-state index in [0.717, 1.165) is 0 Å². The summed E-state index contributed by atoms with van der Waals surface area (Å²) in [7, 11) is 0. The van der Waals surface area contributed by atoms with E-state index >= 15 is 0 Å². The number of aliphatic hydroxyl groups excluding tert-OH is 1. The average molecular weight is 447 g/mol. The van der Waals surface area contributed by atoms with Crippen molar-refractivity contribution in [3.8, 4) is 0 Å². The van der Waals surface area contributed by atoms with Gasteiger partial charge in [0, 0.05) is 0 Å². The van der Waals surface area contributed by atoms with Gasteiger partial charge in [-0.15, -0.1) is 0 Å². The highest BCUT2D eigenvalue weighted by Crippen LogP contribution is 2.07. The van der Waals surface area contributed by atoms with Crippen LogP contribution < -0.4 is 27.4 Å². The fraction of sp³-hybridized carbons (Fsp3) is 0.647. The minimum absolute atomic E-state index is 0.0321. The lowest BCUT2D eigenvalue weighted by Crippen LogP contribution is -2.58. The Balaban J connectivity index is 5.51. The van der Waals surface area contributed by atoms with Gasteiger partial charge in [-0.2, -0.15) is 0 Å². The summed E-state index contributed by atoms with van der Waals surface area (Å²) in [6.45, 7) is 2.69. The maximum atomic E-state index is 12.6.